The van der Waals surface area contributed by atoms with Crippen molar-refractivity contribution in [3.8, 4) is 11.5 Å². The summed E-state index contributed by atoms with van der Waals surface area (Å²) in [6, 6.07) is 4.22. The molecule has 0 fully saturated rings. The van der Waals surface area contributed by atoms with Crippen molar-refractivity contribution in [2.45, 2.75) is 18.6 Å². The Labute approximate surface area is 112 Å². The molecule has 0 aromatic heterocycles. The number of rotatable bonds is 4. The van der Waals surface area contributed by atoms with Crippen LogP contribution in [0.3, 0.4) is 0 Å². The molecule has 1 unspecified atom stereocenters. The highest BCUT2D eigenvalue weighted by molar-refractivity contribution is 5.80. The minimum absolute atomic E-state index is 0.00144. The SMILES string of the molecule is CC(NCC(F)(F)F)(C(=O)O)c1ccc2c(c1)OCO2. The molecule has 0 aliphatic carbocycles. The number of benzene rings is 1. The van der Waals surface area contributed by atoms with E-state index in [2.05, 4.69) is 0 Å². The van der Waals surface area contributed by atoms with Crippen molar-refractivity contribution in [2.24, 2.45) is 0 Å². The average Bonchev–Trinajstić information content (AvgIpc) is 2.81. The van der Waals surface area contributed by atoms with Crippen LogP contribution in [0.25, 0.3) is 0 Å². The fraction of sp³-hybridized carbons (Fsp3) is 0.417. The molecular weight excluding hydrogens is 279 g/mol. The van der Waals surface area contributed by atoms with Crippen LogP contribution in [0, 0.1) is 0 Å². The van der Waals surface area contributed by atoms with Crippen LogP contribution in [-0.4, -0.2) is 30.6 Å². The predicted molar refractivity (Wildman–Crippen MR) is 61.6 cm³/mol. The molecule has 1 heterocycles. The molecule has 0 amide bonds. The second-order valence-electron chi connectivity index (χ2n) is 4.47. The average molecular weight is 291 g/mol. The van der Waals surface area contributed by atoms with Gasteiger partial charge in [-0.05, 0) is 24.6 Å². The molecule has 110 valence electrons. The Morgan fingerprint density at radius 2 is 2.00 bits per heavy atom. The molecule has 0 bridgehead atoms. The Morgan fingerprint density at radius 3 is 2.60 bits per heavy atom. The van der Waals surface area contributed by atoms with E-state index in [1.807, 2.05) is 5.32 Å². The lowest BCUT2D eigenvalue weighted by molar-refractivity contribution is -0.150. The topological polar surface area (TPSA) is 67.8 Å². The van der Waals surface area contributed by atoms with Crippen LogP contribution < -0.4 is 14.8 Å². The van der Waals surface area contributed by atoms with E-state index in [1.165, 1.54) is 25.1 Å². The van der Waals surface area contributed by atoms with Gasteiger partial charge in [0.2, 0.25) is 6.79 Å². The third-order valence-electron chi connectivity index (χ3n) is 3.02. The van der Waals surface area contributed by atoms with E-state index in [1.54, 1.807) is 0 Å². The lowest BCUT2D eigenvalue weighted by Gasteiger charge is -2.27. The molecule has 1 atom stereocenters. The first-order valence-corrected chi connectivity index (χ1v) is 5.68. The first-order chi connectivity index (χ1) is 9.22. The van der Waals surface area contributed by atoms with Gasteiger partial charge in [0.25, 0.3) is 0 Å². The molecule has 0 spiro atoms. The van der Waals surface area contributed by atoms with E-state index in [0.717, 1.165) is 0 Å². The molecule has 20 heavy (non-hydrogen) atoms. The number of alkyl halides is 3. The van der Waals surface area contributed by atoms with Crippen molar-refractivity contribution >= 4 is 5.97 Å². The van der Waals surface area contributed by atoms with Crippen LogP contribution in [-0.2, 0) is 10.3 Å². The van der Waals surface area contributed by atoms with Crippen molar-refractivity contribution in [3.63, 3.8) is 0 Å². The second-order valence-corrected chi connectivity index (χ2v) is 4.47. The molecule has 0 saturated heterocycles. The van der Waals surface area contributed by atoms with E-state index in [-0.39, 0.29) is 12.4 Å². The van der Waals surface area contributed by atoms with Gasteiger partial charge in [-0.15, -0.1) is 0 Å². The van der Waals surface area contributed by atoms with Gasteiger partial charge in [0.05, 0.1) is 6.54 Å². The van der Waals surface area contributed by atoms with Gasteiger partial charge in [0.15, 0.2) is 11.5 Å². The number of hydrogen-bond acceptors (Lipinski definition) is 4. The largest absolute Gasteiger partial charge is 0.480 e. The minimum Gasteiger partial charge on any atom is -0.480 e. The summed E-state index contributed by atoms with van der Waals surface area (Å²) >= 11 is 0. The lowest BCUT2D eigenvalue weighted by Crippen LogP contribution is -2.50. The molecule has 1 aliphatic rings. The van der Waals surface area contributed by atoms with Crippen molar-refractivity contribution in [2.75, 3.05) is 13.3 Å². The van der Waals surface area contributed by atoms with E-state index < -0.39 is 24.2 Å². The maximum Gasteiger partial charge on any atom is 0.401 e. The van der Waals surface area contributed by atoms with Gasteiger partial charge in [-0.25, -0.2) is 4.79 Å². The standard InChI is InChI=1S/C12H12F3NO4/c1-11(10(17)18,16-5-12(13,14)15)7-2-3-8-9(4-7)20-6-19-8/h2-4,16H,5-6H2,1H3,(H,17,18). The highest BCUT2D eigenvalue weighted by Crippen LogP contribution is 2.36. The van der Waals surface area contributed by atoms with Crippen LogP contribution in [0.2, 0.25) is 0 Å². The van der Waals surface area contributed by atoms with Gasteiger partial charge in [-0.2, -0.15) is 13.2 Å². The maximum absolute atomic E-state index is 12.3. The molecule has 0 radical (unpaired) electrons. The fourth-order valence-electron chi connectivity index (χ4n) is 1.79. The van der Waals surface area contributed by atoms with Gasteiger partial charge in [0, 0.05) is 0 Å². The summed E-state index contributed by atoms with van der Waals surface area (Å²) in [5, 5.41) is 11.3. The molecule has 8 heteroatoms. The second kappa shape index (κ2) is 4.86. The fourth-order valence-corrected chi connectivity index (χ4v) is 1.79. The van der Waals surface area contributed by atoms with E-state index in [9.17, 15) is 23.1 Å². The molecule has 1 aliphatic heterocycles. The third kappa shape index (κ3) is 2.79. The van der Waals surface area contributed by atoms with Crippen LogP contribution in [0.15, 0.2) is 18.2 Å². The normalized spacial score (nSPS) is 16.8. The smallest absolute Gasteiger partial charge is 0.401 e. The quantitative estimate of drug-likeness (QED) is 0.886. The molecule has 2 N–H and O–H groups in total. The summed E-state index contributed by atoms with van der Waals surface area (Å²) in [6.07, 6.45) is -4.51. The predicted octanol–water partition coefficient (Wildman–Crippen LogP) is 1.87. The number of halogens is 3. The van der Waals surface area contributed by atoms with E-state index in [4.69, 9.17) is 9.47 Å². The van der Waals surface area contributed by atoms with E-state index in [0.29, 0.717) is 11.5 Å². The Hall–Kier alpha value is -1.96. The van der Waals surface area contributed by atoms with Crippen molar-refractivity contribution in [3.05, 3.63) is 23.8 Å². The molecular formula is C12H12F3NO4. The third-order valence-corrected chi connectivity index (χ3v) is 3.02. The highest BCUT2D eigenvalue weighted by atomic mass is 19.4. The number of ether oxygens (including phenoxy) is 2. The number of carboxylic acid groups (broad SMARTS) is 1. The van der Waals surface area contributed by atoms with Gasteiger partial charge < -0.3 is 14.6 Å². The van der Waals surface area contributed by atoms with Gasteiger partial charge in [-0.1, -0.05) is 6.07 Å². The number of carboxylic acids is 1. The zero-order valence-corrected chi connectivity index (χ0v) is 10.5. The highest BCUT2D eigenvalue weighted by Gasteiger charge is 2.40. The van der Waals surface area contributed by atoms with Crippen LogP contribution >= 0.6 is 0 Å². The Bertz CT molecular complexity index is 532. The summed E-state index contributed by atoms with van der Waals surface area (Å²) in [6.45, 7) is -0.249. The Morgan fingerprint density at radius 1 is 1.35 bits per heavy atom. The minimum atomic E-state index is -4.51. The molecule has 2 rings (SSSR count). The monoisotopic (exact) mass is 291 g/mol. The van der Waals surface area contributed by atoms with Gasteiger partial charge in [0.1, 0.15) is 5.54 Å². The van der Waals surface area contributed by atoms with Crippen molar-refractivity contribution < 1.29 is 32.5 Å². The Kier molecular flexibility index (Phi) is 3.51. The first kappa shape index (κ1) is 14.4. The maximum atomic E-state index is 12.3. The van der Waals surface area contributed by atoms with Crippen LogP contribution in [0.5, 0.6) is 11.5 Å². The number of hydrogen-bond donors (Lipinski definition) is 2. The molecule has 0 saturated carbocycles. The van der Waals surface area contributed by atoms with Crippen molar-refractivity contribution in [1.82, 2.24) is 5.32 Å². The van der Waals surface area contributed by atoms with Crippen LogP contribution in [0.4, 0.5) is 13.2 Å². The zero-order valence-electron chi connectivity index (χ0n) is 10.5. The van der Waals surface area contributed by atoms with Gasteiger partial charge >= 0.3 is 12.1 Å². The number of fused-ring (bicyclic) bond motifs is 1. The van der Waals surface area contributed by atoms with Crippen LogP contribution in [0.1, 0.15) is 12.5 Å². The lowest BCUT2D eigenvalue weighted by atomic mass is 9.91. The van der Waals surface area contributed by atoms with E-state index >= 15 is 0 Å². The van der Waals surface area contributed by atoms with Gasteiger partial charge in [-0.3, -0.25) is 5.32 Å². The number of carbonyl (C=O) groups is 1. The molecule has 5 nitrogen and oxygen atoms in total. The van der Waals surface area contributed by atoms with Crippen molar-refractivity contribution in [1.29, 1.82) is 0 Å². The molecule has 1 aromatic rings. The molecule has 1 aromatic carbocycles. The summed E-state index contributed by atoms with van der Waals surface area (Å²) in [5.74, 6) is -0.679. The summed E-state index contributed by atoms with van der Waals surface area (Å²) < 4.78 is 47.0. The first-order valence-electron chi connectivity index (χ1n) is 5.68. The summed E-state index contributed by atoms with van der Waals surface area (Å²) in [4.78, 5) is 11.3. The summed E-state index contributed by atoms with van der Waals surface area (Å²) in [7, 11) is 0. The number of aliphatic carboxylic acids is 1. The zero-order chi connectivity index (χ0) is 15.0. The Balaban J connectivity index is 2.30. The number of nitrogens with one attached hydrogen (secondary N) is 1. The summed E-state index contributed by atoms with van der Waals surface area (Å²) in [5.41, 5.74) is -1.73.